The number of aliphatic carboxylic acids is 1. The molecule has 0 unspecified atom stereocenters. The molecule has 0 aliphatic carbocycles. The van der Waals surface area contributed by atoms with Crippen molar-refractivity contribution >= 4 is 5.97 Å². The summed E-state index contributed by atoms with van der Waals surface area (Å²) >= 11 is 0. The maximum absolute atomic E-state index is 13.6. The first kappa shape index (κ1) is 13.1. The lowest BCUT2D eigenvalue weighted by Crippen LogP contribution is -2.05. The van der Waals surface area contributed by atoms with Crippen molar-refractivity contribution in [2.45, 2.75) is 6.42 Å². The summed E-state index contributed by atoms with van der Waals surface area (Å²) in [5.41, 5.74) is 1.12. The maximum atomic E-state index is 13.6. The van der Waals surface area contributed by atoms with E-state index in [4.69, 9.17) is 9.84 Å². The van der Waals surface area contributed by atoms with Crippen LogP contribution in [0.4, 0.5) is 4.39 Å². The summed E-state index contributed by atoms with van der Waals surface area (Å²) < 4.78 is 20.1. The molecule has 0 aliphatic rings. The molecule has 0 fully saturated rings. The zero-order valence-corrected chi connectivity index (χ0v) is 10.6. The number of carboxylic acid groups (broad SMARTS) is 1. The molecule has 0 amide bonds. The van der Waals surface area contributed by atoms with Gasteiger partial charge in [-0.2, -0.15) is 0 Å². The fraction of sp³-hybridized carbons (Fsp3) is 0.231. The number of nitrogens with zero attached hydrogens (tertiary/aromatic N) is 2. The number of aromatic nitrogens is 2. The molecule has 100 valence electrons. The Hall–Kier alpha value is -2.37. The first-order valence-corrected chi connectivity index (χ1v) is 5.59. The minimum absolute atomic E-state index is 0.123. The van der Waals surface area contributed by atoms with Crippen molar-refractivity contribution in [2.75, 3.05) is 7.11 Å². The van der Waals surface area contributed by atoms with E-state index in [-0.39, 0.29) is 12.2 Å². The topological polar surface area (TPSA) is 64.3 Å². The first-order chi connectivity index (χ1) is 9.02. The van der Waals surface area contributed by atoms with Crippen molar-refractivity contribution in [1.29, 1.82) is 0 Å². The zero-order valence-electron chi connectivity index (χ0n) is 10.6. The van der Waals surface area contributed by atoms with E-state index in [2.05, 4.69) is 4.98 Å². The van der Waals surface area contributed by atoms with Gasteiger partial charge >= 0.3 is 5.97 Å². The molecule has 6 heteroatoms. The number of benzene rings is 1. The van der Waals surface area contributed by atoms with Gasteiger partial charge in [-0.15, -0.1) is 0 Å². The summed E-state index contributed by atoms with van der Waals surface area (Å²) in [5, 5.41) is 8.77. The van der Waals surface area contributed by atoms with Gasteiger partial charge < -0.3 is 14.4 Å². The Morgan fingerprint density at radius 2 is 2.26 bits per heavy atom. The van der Waals surface area contributed by atoms with Crippen LogP contribution in [0.1, 0.15) is 5.69 Å². The van der Waals surface area contributed by atoms with Crippen LogP contribution in [0, 0.1) is 5.82 Å². The lowest BCUT2D eigenvalue weighted by molar-refractivity contribution is -0.136. The third-order valence-electron chi connectivity index (χ3n) is 2.83. The number of hydrogen-bond acceptors (Lipinski definition) is 3. The molecule has 0 saturated carbocycles. The maximum Gasteiger partial charge on any atom is 0.309 e. The Bertz CT molecular complexity index is 622. The summed E-state index contributed by atoms with van der Waals surface area (Å²) in [7, 11) is 3.09. The second-order valence-corrected chi connectivity index (χ2v) is 4.05. The number of ether oxygens (including phenoxy) is 1. The largest absolute Gasteiger partial charge is 0.494 e. The van der Waals surface area contributed by atoms with Crippen LogP contribution in [0.25, 0.3) is 11.4 Å². The summed E-state index contributed by atoms with van der Waals surface area (Å²) in [6.07, 6.45) is 1.35. The third-order valence-corrected chi connectivity index (χ3v) is 2.83. The van der Waals surface area contributed by atoms with Crippen molar-refractivity contribution in [3.05, 3.63) is 35.9 Å². The van der Waals surface area contributed by atoms with Crippen LogP contribution in [-0.2, 0) is 18.3 Å². The van der Waals surface area contributed by atoms with Crippen LogP contribution in [0.5, 0.6) is 5.75 Å². The molecule has 1 aromatic carbocycles. The predicted molar refractivity (Wildman–Crippen MR) is 66.5 cm³/mol. The van der Waals surface area contributed by atoms with Gasteiger partial charge in [0.25, 0.3) is 0 Å². The molecule has 1 heterocycles. The van der Waals surface area contributed by atoms with Gasteiger partial charge in [-0.1, -0.05) is 0 Å². The number of imidazole rings is 1. The van der Waals surface area contributed by atoms with E-state index in [1.165, 1.54) is 25.4 Å². The van der Waals surface area contributed by atoms with Gasteiger partial charge in [-0.05, 0) is 18.2 Å². The Morgan fingerprint density at radius 1 is 1.53 bits per heavy atom. The van der Waals surface area contributed by atoms with E-state index in [0.717, 1.165) is 0 Å². The number of halogens is 1. The Morgan fingerprint density at radius 3 is 2.84 bits per heavy atom. The van der Waals surface area contributed by atoms with Crippen LogP contribution in [-0.4, -0.2) is 27.7 Å². The van der Waals surface area contributed by atoms with Crippen LogP contribution in [0.15, 0.2) is 24.4 Å². The molecule has 2 rings (SSSR count). The summed E-state index contributed by atoms with van der Waals surface area (Å²) in [4.78, 5) is 14.8. The zero-order chi connectivity index (χ0) is 14.0. The number of rotatable bonds is 4. The highest BCUT2D eigenvalue weighted by molar-refractivity contribution is 5.70. The Labute approximate surface area is 109 Å². The van der Waals surface area contributed by atoms with Gasteiger partial charge in [0.1, 0.15) is 5.82 Å². The average molecular weight is 264 g/mol. The third kappa shape index (κ3) is 2.57. The van der Waals surface area contributed by atoms with Gasteiger partial charge in [-0.3, -0.25) is 4.79 Å². The molecule has 0 aliphatic heterocycles. The Balaban J connectivity index is 2.39. The summed E-state index contributed by atoms with van der Waals surface area (Å²) in [5.74, 6) is -0.750. The van der Waals surface area contributed by atoms with E-state index in [0.29, 0.717) is 17.1 Å². The number of methoxy groups -OCH3 is 1. The average Bonchev–Trinajstić information content (AvgIpc) is 2.70. The number of carboxylic acids is 1. The van der Waals surface area contributed by atoms with Crippen LogP contribution in [0.2, 0.25) is 0 Å². The normalized spacial score (nSPS) is 10.5. The van der Waals surface area contributed by atoms with Crippen molar-refractivity contribution in [2.24, 2.45) is 7.05 Å². The van der Waals surface area contributed by atoms with Crippen LogP contribution >= 0.6 is 0 Å². The molecule has 5 nitrogen and oxygen atoms in total. The van der Waals surface area contributed by atoms with E-state index < -0.39 is 11.8 Å². The SMILES string of the molecule is COc1ccc(-c2ncc(CC(=O)O)n2C)cc1F. The fourth-order valence-electron chi connectivity index (χ4n) is 1.84. The molecule has 0 atom stereocenters. The highest BCUT2D eigenvalue weighted by atomic mass is 19.1. The molecule has 1 N–H and O–H groups in total. The number of hydrogen-bond donors (Lipinski definition) is 1. The van der Waals surface area contributed by atoms with E-state index in [1.54, 1.807) is 17.7 Å². The van der Waals surface area contributed by atoms with Gasteiger partial charge in [0.05, 0.1) is 13.5 Å². The van der Waals surface area contributed by atoms with Gasteiger partial charge in [0.2, 0.25) is 0 Å². The summed E-state index contributed by atoms with van der Waals surface area (Å²) in [6.45, 7) is 0. The lowest BCUT2D eigenvalue weighted by atomic mass is 10.2. The monoisotopic (exact) mass is 264 g/mol. The van der Waals surface area contributed by atoms with E-state index in [1.807, 2.05) is 0 Å². The molecule has 0 saturated heterocycles. The van der Waals surface area contributed by atoms with Crippen LogP contribution in [0.3, 0.4) is 0 Å². The quantitative estimate of drug-likeness (QED) is 0.915. The molecule has 0 radical (unpaired) electrons. The molecular formula is C13H13FN2O3. The highest BCUT2D eigenvalue weighted by Crippen LogP contribution is 2.25. The molecule has 1 aromatic heterocycles. The lowest BCUT2D eigenvalue weighted by Gasteiger charge is -2.07. The van der Waals surface area contributed by atoms with Gasteiger partial charge in [-0.25, -0.2) is 9.37 Å². The van der Waals surface area contributed by atoms with Crippen molar-refractivity contribution in [3.8, 4) is 17.1 Å². The predicted octanol–water partition coefficient (Wildman–Crippen LogP) is 1.86. The van der Waals surface area contributed by atoms with Crippen LogP contribution < -0.4 is 4.74 Å². The van der Waals surface area contributed by atoms with Crippen molar-refractivity contribution < 1.29 is 19.0 Å². The van der Waals surface area contributed by atoms with E-state index >= 15 is 0 Å². The van der Waals surface area contributed by atoms with Crippen molar-refractivity contribution in [3.63, 3.8) is 0 Å². The molecule has 19 heavy (non-hydrogen) atoms. The van der Waals surface area contributed by atoms with Crippen molar-refractivity contribution in [1.82, 2.24) is 9.55 Å². The second-order valence-electron chi connectivity index (χ2n) is 4.05. The molecule has 0 spiro atoms. The fourth-order valence-corrected chi connectivity index (χ4v) is 1.84. The summed E-state index contributed by atoms with van der Waals surface area (Å²) in [6, 6.07) is 4.50. The van der Waals surface area contributed by atoms with E-state index in [9.17, 15) is 9.18 Å². The standard InChI is InChI=1S/C13H13FN2O3/c1-16-9(6-12(17)18)7-15-13(16)8-3-4-11(19-2)10(14)5-8/h3-5,7H,6H2,1-2H3,(H,17,18). The minimum Gasteiger partial charge on any atom is -0.494 e. The molecular weight excluding hydrogens is 251 g/mol. The highest BCUT2D eigenvalue weighted by Gasteiger charge is 2.13. The number of carbonyl (C=O) groups is 1. The molecule has 0 bridgehead atoms. The van der Waals surface area contributed by atoms with Gasteiger partial charge in [0, 0.05) is 24.5 Å². The molecule has 2 aromatic rings. The first-order valence-electron chi connectivity index (χ1n) is 5.59. The minimum atomic E-state index is -0.935. The van der Waals surface area contributed by atoms with Gasteiger partial charge in [0.15, 0.2) is 11.6 Å². The Kier molecular flexibility index (Phi) is 3.50. The second kappa shape index (κ2) is 5.09. The smallest absolute Gasteiger partial charge is 0.309 e.